The second-order valence-electron chi connectivity index (χ2n) is 5.18. The Balaban J connectivity index is 3.26. The molecule has 0 aliphatic heterocycles. The molecule has 0 N–H and O–H groups in total. The molecule has 1 unspecified atom stereocenters. The van der Waals surface area contributed by atoms with Gasteiger partial charge in [0.1, 0.15) is 0 Å². The Morgan fingerprint density at radius 3 is 2.05 bits per heavy atom. The molecular formula is C14H29O5S-. The summed E-state index contributed by atoms with van der Waals surface area (Å²) in [6, 6.07) is 0. The lowest BCUT2D eigenvalue weighted by molar-refractivity contribution is 0.0371. The molecule has 0 heterocycles. The van der Waals surface area contributed by atoms with Crippen molar-refractivity contribution in [3.8, 4) is 0 Å². The van der Waals surface area contributed by atoms with Crippen LogP contribution < -0.4 is 0 Å². The Morgan fingerprint density at radius 2 is 1.50 bits per heavy atom. The number of ether oxygens (including phenoxy) is 1. The third-order valence-electron chi connectivity index (χ3n) is 3.18. The molecule has 0 bridgehead atoms. The van der Waals surface area contributed by atoms with Gasteiger partial charge in [-0.1, -0.05) is 58.3 Å². The first-order valence-corrected chi connectivity index (χ1v) is 9.01. The fourth-order valence-corrected chi connectivity index (χ4v) is 2.31. The van der Waals surface area contributed by atoms with Gasteiger partial charge in [0.2, 0.25) is 10.4 Å². The van der Waals surface area contributed by atoms with E-state index in [1.807, 2.05) is 6.92 Å². The minimum atomic E-state index is -4.59. The van der Waals surface area contributed by atoms with Crippen molar-refractivity contribution in [1.82, 2.24) is 0 Å². The SMILES string of the molecule is CCCCCCCCCCC(C)OCCOS(=O)(=O)[O-]. The largest absolute Gasteiger partial charge is 0.726 e. The van der Waals surface area contributed by atoms with Crippen molar-refractivity contribution in [2.45, 2.75) is 77.7 Å². The summed E-state index contributed by atoms with van der Waals surface area (Å²) in [7, 11) is -4.59. The van der Waals surface area contributed by atoms with Gasteiger partial charge in [0.15, 0.2) is 0 Å². The van der Waals surface area contributed by atoms with Gasteiger partial charge in [-0.3, -0.25) is 4.18 Å². The molecule has 0 rings (SSSR count). The van der Waals surface area contributed by atoms with Crippen molar-refractivity contribution >= 4 is 10.4 Å². The van der Waals surface area contributed by atoms with Crippen LogP contribution in [-0.4, -0.2) is 32.3 Å². The van der Waals surface area contributed by atoms with Crippen LogP contribution in [0.3, 0.4) is 0 Å². The van der Waals surface area contributed by atoms with Crippen LogP contribution in [0.5, 0.6) is 0 Å². The average molecular weight is 309 g/mol. The normalized spacial score (nSPS) is 13.6. The molecule has 6 heteroatoms. The summed E-state index contributed by atoms with van der Waals surface area (Å²) in [5.41, 5.74) is 0. The Morgan fingerprint density at radius 1 is 0.950 bits per heavy atom. The van der Waals surface area contributed by atoms with Crippen molar-refractivity contribution in [3.05, 3.63) is 0 Å². The zero-order valence-electron chi connectivity index (χ0n) is 12.8. The van der Waals surface area contributed by atoms with Gasteiger partial charge < -0.3 is 9.29 Å². The van der Waals surface area contributed by atoms with E-state index in [4.69, 9.17) is 4.74 Å². The maximum atomic E-state index is 10.2. The van der Waals surface area contributed by atoms with E-state index in [9.17, 15) is 13.0 Å². The summed E-state index contributed by atoms with van der Waals surface area (Å²) >= 11 is 0. The van der Waals surface area contributed by atoms with Gasteiger partial charge in [0, 0.05) is 0 Å². The Bertz CT molecular complexity index is 303. The first-order chi connectivity index (χ1) is 9.45. The lowest BCUT2D eigenvalue weighted by atomic mass is 10.1. The molecule has 1 atom stereocenters. The fraction of sp³-hybridized carbons (Fsp3) is 1.00. The lowest BCUT2D eigenvalue weighted by Crippen LogP contribution is -2.15. The van der Waals surface area contributed by atoms with Crippen LogP contribution in [-0.2, 0) is 19.3 Å². The zero-order chi connectivity index (χ0) is 15.3. The van der Waals surface area contributed by atoms with Crippen LogP contribution in [0.2, 0.25) is 0 Å². The van der Waals surface area contributed by atoms with Gasteiger partial charge in [0.25, 0.3) is 0 Å². The molecule has 0 amide bonds. The molecule has 0 saturated carbocycles. The summed E-state index contributed by atoms with van der Waals surface area (Å²) in [5.74, 6) is 0. The zero-order valence-corrected chi connectivity index (χ0v) is 13.6. The fourth-order valence-electron chi connectivity index (χ4n) is 2.03. The van der Waals surface area contributed by atoms with Crippen LogP contribution in [0.4, 0.5) is 0 Å². The monoisotopic (exact) mass is 309 g/mol. The predicted octanol–water partition coefficient (Wildman–Crippen LogP) is 3.40. The molecule has 0 aromatic rings. The molecule has 0 aliphatic rings. The van der Waals surface area contributed by atoms with E-state index >= 15 is 0 Å². The Hall–Kier alpha value is -0.170. The van der Waals surface area contributed by atoms with Crippen LogP contribution in [0.1, 0.15) is 71.6 Å². The third-order valence-corrected chi connectivity index (χ3v) is 3.63. The molecule has 0 saturated heterocycles. The first-order valence-electron chi connectivity index (χ1n) is 7.67. The van der Waals surface area contributed by atoms with Crippen molar-refractivity contribution in [1.29, 1.82) is 0 Å². The summed E-state index contributed by atoms with van der Waals surface area (Å²) in [5, 5.41) is 0. The molecule has 5 nitrogen and oxygen atoms in total. The molecule has 0 aromatic carbocycles. The molecule has 0 radical (unpaired) electrons. The lowest BCUT2D eigenvalue weighted by Gasteiger charge is -2.13. The number of rotatable bonds is 14. The standard InChI is InChI=1S/C14H30O5S/c1-3-4-5-6-7-8-9-10-11-14(2)18-12-13-19-20(15,16)17/h14H,3-13H2,1-2H3,(H,15,16,17)/p-1. The minimum Gasteiger partial charge on any atom is -0.726 e. The van der Waals surface area contributed by atoms with E-state index < -0.39 is 10.4 Å². The van der Waals surface area contributed by atoms with Crippen LogP contribution in [0.15, 0.2) is 0 Å². The molecule has 0 aliphatic carbocycles. The third kappa shape index (κ3) is 15.9. The second-order valence-corrected chi connectivity index (χ2v) is 6.23. The van der Waals surface area contributed by atoms with Crippen LogP contribution >= 0.6 is 0 Å². The van der Waals surface area contributed by atoms with Crippen molar-refractivity contribution < 1.29 is 21.9 Å². The van der Waals surface area contributed by atoms with E-state index in [0.29, 0.717) is 0 Å². The van der Waals surface area contributed by atoms with Gasteiger partial charge in [-0.2, -0.15) is 0 Å². The molecule has 0 fully saturated rings. The maximum absolute atomic E-state index is 10.2. The van der Waals surface area contributed by atoms with Crippen LogP contribution in [0.25, 0.3) is 0 Å². The van der Waals surface area contributed by atoms with E-state index in [0.717, 1.165) is 12.8 Å². The van der Waals surface area contributed by atoms with E-state index in [1.165, 1.54) is 44.9 Å². The van der Waals surface area contributed by atoms with Gasteiger partial charge in [0.05, 0.1) is 19.3 Å². The number of hydrogen-bond donors (Lipinski definition) is 0. The topological polar surface area (TPSA) is 75.7 Å². The van der Waals surface area contributed by atoms with Gasteiger partial charge in [-0.15, -0.1) is 0 Å². The summed E-state index contributed by atoms with van der Waals surface area (Å²) in [6.45, 7) is 4.11. The van der Waals surface area contributed by atoms with Crippen LogP contribution in [0, 0.1) is 0 Å². The minimum absolute atomic E-state index is 0.0769. The Labute approximate surface area is 124 Å². The summed E-state index contributed by atoms with van der Waals surface area (Å²) in [4.78, 5) is 0. The van der Waals surface area contributed by atoms with Gasteiger partial charge in [-0.05, 0) is 13.3 Å². The Kier molecular flexibility index (Phi) is 12.5. The highest BCUT2D eigenvalue weighted by Crippen LogP contribution is 2.11. The van der Waals surface area contributed by atoms with Crippen molar-refractivity contribution in [2.75, 3.05) is 13.2 Å². The quantitative estimate of drug-likeness (QED) is 0.279. The summed E-state index contributed by atoms with van der Waals surface area (Å²) in [6.07, 6.45) is 11.3. The first kappa shape index (κ1) is 19.8. The molecular weight excluding hydrogens is 280 g/mol. The smallest absolute Gasteiger partial charge is 0.217 e. The van der Waals surface area contributed by atoms with E-state index in [-0.39, 0.29) is 19.3 Å². The number of unbranched alkanes of at least 4 members (excludes halogenated alkanes) is 7. The van der Waals surface area contributed by atoms with Gasteiger partial charge in [-0.25, -0.2) is 8.42 Å². The molecule has 0 aromatic heterocycles. The van der Waals surface area contributed by atoms with Crippen molar-refractivity contribution in [3.63, 3.8) is 0 Å². The highest BCUT2D eigenvalue weighted by molar-refractivity contribution is 7.80. The molecule has 20 heavy (non-hydrogen) atoms. The molecule has 0 spiro atoms. The predicted molar refractivity (Wildman–Crippen MR) is 78.3 cm³/mol. The second kappa shape index (κ2) is 12.6. The maximum Gasteiger partial charge on any atom is 0.217 e. The van der Waals surface area contributed by atoms with E-state index in [1.54, 1.807) is 0 Å². The molecule has 122 valence electrons. The van der Waals surface area contributed by atoms with Crippen molar-refractivity contribution in [2.24, 2.45) is 0 Å². The van der Waals surface area contributed by atoms with E-state index in [2.05, 4.69) is 11.1 Å². The van der Waals surface area contributed by atoms with Gasteiger partial charge >= 0.3 is 0 Å². The highest BCUT2D eigenvalue weighted by Gasteiger charge is 2.03. The summed E-state index contributed by atoms with van der Waals surface area (Å²) < 4.78 is 40.0. The highest BCUT2D eigenvalue weighted by atomic mass is 32.3. The average Bonchev–Trinajstić information content (AvgIpc) is 2.37. The number of hydrogen-bond acceptors (Lipinski definition) is 5.